The van der Waals surface area contributed by atoms with Crippen molar-refractivity contribution in [1.29, 1.82) is 0 Å². The van der Waals surface area contributed by atoms with Gasteiger partial charge in [-0.3, -0.25) is 9.59 Å². The molecular formula is C40H78N2O12. The largest absolute Gasteiger partial charge is 0.462 e. The quantitative estimate of drug-likeness (QED) is 0.206. The minimum Gasteiger partial charge on any atom is -0.462 e. The highest BCUT2D eigenvalue weighted by molar-refractivity contribution is 5.76. The molecule has 14 nitrogen and oxygen atoms in total. The van der Waals surface area contributed by atoms with Crippen LogP contribution in [0.1, 0.15) is 122 Å². The highest BCUT2D eigenvalue weighted by atomic mass is 16.7. The molecule has 0 aromatic carbocycles. The summed E-state index contributed by atoms with van der Waals surface area (Å²) in [6.07, 6.45) is -1.73. The van der Waals surface area contributed by atoms with Gasteiger partial charge in [0.15, 0.2) is 12.6 Å². The second-order valence-electron chi connectivity index (χ2n) is 16.7. The standard InChI is InChI=1S/C28H51NO10.C10H21NO2.C2H6/c1-15-11-22(38-19(5)23(15)31)39-20-9-10-27(6,34)12-16(2)24(36-13-21(30)29-8)18(4)25(32)28(7,35)14-37-26(33)17(20)3;1-7(2)11(4)9-5-8(3)13-10(12)6-9;1-2/h15-20,22-25,31-32,34-35H,9-14H2,1-8H3,(H,29,30);7-10,12H,5-6H2,1-4H3;1-2H3/t15?,16-,17?,18?,19?,20+,22+,23-,24?,25?,27+,28-;;/m1../s1. The van der Waals surface area contributed by atoms with Gasteiger partial charge >= 0.3 is 5.97 Å². The van der Waals surface area contributed by atoms with Gasteiger partial charge in [0.25, 0.3) is 0 Å². The van der Waals surface area contributed by atoms with Gasteiger partial charge in [-0.1, -0.05) is 34.6 Å². The topological polar surface area (TPSA) is 197 Å². The van der Waals surface area contributed by atoms with Crippen LogP contribution in [0.15, 0.2) is 0 Å². The van der Waals surface area contributed by atoms with Gasteiger partial charge in [-0.2, -0.15) is 0 Å². The summed E-state index contributed by atoms with van der Waals surface area (Å²) in [5.74, 6) is -2.74. The number of amides is 1. The Hall–Kier alpha value is -1.46. The smallest absolute Gasteiger partial charge is 0.311 e. The summed E-state index contributed by atoms with van der Waals surface area (Å²) in [5, 5.41) is 55.7. The molecule has 54 heavy (non-hydrogen) atoms. The lowest BCUT2D eigenvalue weighted by Crippen LogP contribution is -2.53. The van der Waals surface area contributed by atoms with Crippen molar-refractivity contribution in [3.63, 3.8) is 0 Å². The molecule has 0 bridgehead atoms. The summed E-state index contributed by atoms with van der Waals surface area (Å²) in [6, 6.07) is 0.987. The predicted molar refractivity (Wildman–Crippen MR) is 206 cm³/mol. The Morgan fingerprint density at radius 2 is 1.59 bits per heavy atom. The summed E-state index contributed by atoms with van der Waals surface area (Å²) < 4.78 is 28.7. The van der Waals surface area contributed by atoms with Crippen molar-refractivity contribution >= 4 is 11.9 Å². The summed E-state index contributed by atoms with van der Waals surface area (Å²) >= 11 is 0. The lowest BCUT2D eigenvalue weighted by Gasteiger charge is -2.41. The van der Waals surface area contributed by atoms with Crippen LogP contribution in [0.3, 0.4) is 0 Å². The Morgan fingerprint density at radius 1 is 0.981 bits per heavy atom. The number of carbonyl (C=O) groups excluding carboxylic acids is 2. The normalized spacial score (nSPS) is 41.4. The SMILES string of the molecule is CC.CC1CC(N(C)C(C)C)CC(O)O1.CNC(=O)COC1C(C)C(O)[C@](C)(O)COC(=O)C(C)[C@@H](O[C@H]2CC(C)[C@@H](O)C(C)O2)CC[C@](C)(O)C[C@H]1C. The maximum absolute atomic E-state index is 13.1. The molecule has 3 saturated heterocycles. The highest BCUT2D eigenvalue weighted by Crippen LogP contribution is 2.35. The van der Waals surface area contributed by atoms with Crippen LogP contribution >= 0.6 is 0 Å². The third-order valence-corrected chi connectivity index (χ3v) is 11.2. The van der Waals surface area contributed by atoms with E-state index in [1.165, 1.54) is 14.0 Å². The predicted octanol–water partition coefficient (Wildman–Crippen LogP) is 3.37. The van der Waals surface area contributed by atoms with E-state index in [1.807, 2.05) is 34.6 Å². The van der Waals surface area contributed by atoms with Crippen molar-refractivity contribution < 1.29 is 58.8 Å². The number of nitrogens with one attached hydrogen (secondary N) is 1. The van der Waals surface area contributed by atoms with Crippen molar-refractivity contribution in [2.24, 2.45) is 23.7 Å². The Balaban J connectivity index is 0.000000811. The summed E-state index contributed by atoms with van der Waals surface area (Å²) in [5.41, 5.74) is -3.00. The fraction of sp³-hybridized carbons (Fsp3) is 0.950. The minimum absolute atomic E-state index is 0.0613. The van der Waals surface area contributed by atoms with Crippen LogP contribution in [0.4, 0.5) is 0 Å². The first kappa shape index (κ1) is 50.6. The van der Waals surface area contributed by atoms with E-state index in [2.05, 4.69) is 31.1 Å². The molecule has 0 aromatic rings. The zero-order valence-corrected chi connectivity index (χ0v) is 35.8. The Bertz CT molecular complexity index is 1070. The van der Waals surface area contributed by atoms with Gasteiger partial charge < -0.3 is 59.4 Å². The molecule has 14 heteroatoms. The molecule has 0 radical (unpaired) electrons. The van der Waals surface area contributed by atoms with Gasteiger partial charge in [0.2, 0.25) is 5.91 Å². The second kappa shape index (κ2) is 23.1. The number of nitrogens with zero attached hydrogens (tertiary/aromatic N) is 1. The third kappa shape index (κ3) is 15.8. The van der Waals surface area contributed by atoms with Crippen molar-refractivity contribution in [2.45, 2.75) is 194 Å². The molecule has 320 valence electrons. The molecule has 0 aromatic heterocycles. The molecule has 3 rings (SSSR count). The number of esters is 1. The van der Waals surface area contributed by atoms with Crippen LogP contribution < -0.4 is 5.32 Å². The summed E-state index contributed by atoms with van der Waals surface area (Å²) in [7, 11) is 3.60. The Labute approximate surface area is 325 Å². The number of hydrogen-bond acceptors (Lipinski definition) is 13. The van der Waals surface area contributed by atoms with Crippen LogP contribution in [0.5, 0.6) is 0 Å². The number of ether oxygens (including phenoxy) is 5. The van der Waals surface area contributed by atoms with Gasteiger partial charge in [0.05, 0.1) is 48.1 Å². The lowest BCUT2D eigenvalue weighted by molar-refractivity contribution is -0.255. The highest BCUT2D eigenvalue weighted by Gasteiger charge is 2.44. The van der Waals surface area contributed by atoms with E-state index >= 15 is 0 Å². The number of likely N-dealkylation sites (N-methyl/N-ethyl adjacent to an activating group) is 1. The number of aliphatic hydroxyl groups is 5. The van der Waals surface area contributed by atoms with Gasteiger partial charge in [-0.05, 0) is 93.0 Å². The molecule has 1 amide bonds. The van der Waals surface area contributed by atoms with E-state index in [0.29, 0.717) is 24.9 Å². The van der Waals surface area contributed by atoms with Gasteiger partial charge in [0.1, 0.15) is 18.8 Å². The monoisotopic (exact) mass is 779 g/mol. The third-order valence-electron chi connectivity index (χ3n) is 11.2. The number of rotatable bonds is 7. The van der Waals surface area contributed by atoms with E-state index in [-0.39, 0.29) is 43.3 Å². The first-order valence-corrected chi connectivity index (χ1v) is 20.2. The fourth-order valence-corrected chi connectivity index (χ4v) is 7.62. The van der Waals surface area contributed by atoms with Crippen LogP contribution in [0.25, 0.3) is 0 Å². The number of carbonyl (C=O) groups is 2. The molecule has 0 saturated carbocycles. The van der Waals surface area contributed by atoms with Gasteiger partial charge in [0, 0.05) is 37.9 Å². The molecular weight excluding hydrogens is 700 g/mol. The maximum atomic E-state index is 13.1. The Morgan fingerprint density at radius 3 is 2.13 bits per heavy atom. The number of aliphatic hydroxyl groups excluding tert-OH is 3. The zero-order valence-electron chi connectivity index (χ0n) is 35.8. The van der Waals surface area contributed by atoms with E-state index in [9.17, 15) is 35.1 Å². The first-order chi connectivity index (χ1) is 25.0. The molecule has 3 heterocycles. The molecule has 0 aliphatic carbocycles. The molecule has 3 fully saturated rings. The number of hydrogen-bond donors (Lipinski definition) is 6. The van der Waals surface area contributed by atoms with Crippen LogP contribution in [0.2, 0.25) is 0 Å². The van der Waals surface area contributed by atoms with Crippen LogP contribution in [-0.2, 0) is 33.3 Å². The van der Waals surface area contributed by atoms with E-state index in [1.54, 1.807) is 27.7 Å². The van der Waals surface area contributed by atoms with Gasteiger partial charge in [-0.15, -0.1) is 0 Å². The van der Waals surface area contributed by atoms with Crippen LogP contribution in [-0.4, -0.2) is 142 Å². The second-order valence-corrected chi connectivity index (χ2v) is 16.7. The molecule has 6 N–H and O–H groups in total. The first-order valence-electron chi connectivity index (χ1n) is 20.2. The summed E-state index contributed by atoms with van der Waals surface area (Å²) in [4.78, 5) is 27.3. The molecule has 9 unspecified atom stereocenters. The van der Waals surface area contributed by atoms with Crippen LogP contribution in [0, 0.1) is 23.7 Å². The average Bonchev–Trinajstić information content (AvgIpc) is 3.10. The fourth-order valence-electron chi connectivity index (χ4n) is 7.62. The molecule has 0 spiro atoms. The molecule has 3 aliphatic heterocycles. The zero-order chi connectivity index (χ0) is 41.7. The van der Waals surface area contributed by atoms with Gasteiger partial charge in [-0.25, -0.2) is 0 Å². The van der Waals surface area contributed by atoms with Crippen molar-refractivity contribution in [3.05, 3.63) is 0 Å². The Kier molecular flexibility index (Phi) is 21.6. The lowest BCUT2D eigenvalue weighted by atomic mass is 9.77. The van der Waals surface area contributed by atoms with E-state index in [4.69, 9.17) is 23.7 Å². The number of cyclic esters (lactones) is 1. The molecule has 15 atom stereocenters. The minimum atomic E-state index is -1.81. The average molecular weight is 779 g/mol. The van der Waals surface area contributed by atoms with Crippen molar-refractivity contribution in [1.82, 2.24) is 10.2 Å². The maximum Gasteiger partial charge on any atom is 0.311 e. The molecule has 3 aliphatic rings. The van der Waals surface area contributed by atoms with E-state index < -0.39 is 78.7 Å². The van der Waals surface area contributed by atoms with Crippen molar-refractivity contribution in [2.75, 3.05) is 27.3 Å². The van der Waals surface area contributed by atoms with Crippen molar-refractivity contribution in [3.8, 4) is 0 Å². The van der Waals surface area contributed by atoms with E-state index in [0.717, 1.165) is 12.8 Å². The summed E-state index contributed by atoms with van der Waals surface area (Å²) in [6.45, 7) is 21.6.